The van der Waals surface area contributed by atoms with E-state index < -0.39 is 89.8 Å². The number of aliphatic hydroxyl groups is 3. The highest BCUT2D eigenvalue weighted by Gasteiger charge is 2.46. The Labute approximate surface area is 431 Å². The van der Waals surface area contributed by atoms with Crippen LogP contribution in [0.15, 0.2) is 102 Å². The molecule has 1 aliphatic rings. The molecule has 0 amide bonds. The van der Waals surface area contributed by atoms with Gasteiger partial charge in [-0.2, -0.15) is 9.29 Å². The van der Waals surface area contributed by atoms with Crippen LogP contribution in [0.3, 0.4) is 0 Å². The number of hydrogen-bond acceptors (Lipinski definition) is 16. The molecule has 0 aromatic carbocycles. The number of nitrogen functional groups attached to an aromatic ring is 1. The van der Waals surface area contributed by atoms with Gasteiger partial charge in [0.1, 0.15) is 30.7 Å². The van der Waals surface area contributed by atoms with Gasteiger partial charge in [-0.3, -0.25) is 23.2 Å². The number of nitrogens with two attached hydrogens (primary N) is 1. The molecule has 0 saturated carbocycles. The largest absolute Gasteiger partial charge is 0.481 e. The Morgan fingerprint density at radius 2 is 1.32 bits per heavy atom. The number of allylic oxidation sites excluding steroid dienone is 13. The van der Waals surface area contributed by atoms with Gasteiger partial charge in [-0.05, 0) is 83.1 Å². The van der Waals surface area contributed by atoms with Gasteiger partial charge in [-0.1, -0.05) is 144 Å². The van der Waals surface area contributed by atoms with Gasteiger partial charge in [0.05, 0.1) is 19.3 Å². The highest BCUT2D eigenvalue weighted by atomic mass is 31.3. The Bertz CT molecular complexity index is 2070. The second-order valence-electron chi connectivity index (χ2n) is 17.5. The van der Waals surface area contributed by atoms with Gasteiger partial charge in [-0.15, -0.1) is 0 Å². The number of hydrogen-bond donors (Lipinski definition) is 6. The molecule has 1 aromatic heterocycles. The Morgan fingerprint density at radius 3 is 1.96 bits per heavy atom. The van der Waals surface area contributed by atoms with Gasteiger partial charge in [0.2, 0.25) is 0 Å². The minimum absolute atomic E-state index is 0.0218. The lowest BCUT2D eigenvalue weighted by Crippen LogP contribution is -2.36. The highest BCUT2D eigenvalue weighted by molar-refractivity contribution is 7.61. The van der Waals surface area contributed by atoms with Crippen LogP contribution < -0.4 is 11.4 Å². The Hall–Kier alpha value is -4.10. The number of phosphoric ester groups is 2. The normalized spacial score (nSPS) is 20.1. The lowest BCUT2D eigenvalue weighted by atomic mass is 10.1. The van der Waals surface area contributed by atoms with Crippen LogP contribution >= 0.6 is 15.6 Å². The van der Waals surface area contributed by atoms with Gasteiger partial charge in [0.15, 0.2) is 12.3 Å². The molecule has 1 fully saturated rings. The van der Waals surface area contributed by atoms with Gasteiger partial charge in [0, 0.05) is 19.0 Å². The van der Waals surface area contributed by atoms with Crippen molar-refractivity contribution < 1.29 is 71.4 Å². The number of rotatable bonds is 41. The smallest absolute Gasteiger partial charge is 0.462 e. The number of nitrogens with zero attached hydrogens (tertiary/aromatic N) is 2. The van der Waals surface area contributed by atoms with E-state index in [9.17, 15) is 48.6 Å². The van der Waals surface area contributed by atoms with Crippen molar-refractivity contribution in [2.75, 3.05) is 25.6 Å². The number of aromatic nitrogens is 2. The lowest BCUT2D eigenvalue weighted by Gasteiger charge is -2.21. The molecule has 412 valence electrons. The molecule has 1 aromatic rings. The average molecular weight is 1070 g/mol. The third kappa shape index (κ3) is 32.1. The average Bonchev–Trinajstić information content (AvgIpc) is 3.62. The first-order chi connectivity index (χ1) is 35.1. The summed E-state index contributed by atoms with van der Waals surface area (Å²) in [5.41, 5.74) is 4.57. The van der Waals surface area contributed by atoms with E-state index >= 15 is 0 Å². The summed E-state index contributed by atoms with van der Waals surface area (Å²) in [6.45, 7) is 1.82. The fourth-order valence-corrected chi connectivity index (χ4v) is 9.19. The van der Waals surface area contributed by atoms with Crippen molar-refractivity contribution >= 4 is 33.4 Å². The minimum Gasteiger partial charge on any atom is -0.462 e. The summed E-state index contributed by atoms with van der Waals surface area (Å²) in [5.74, 6) is -1.54. The first kappa shape index (κ1) is 65.0. The summed E-state index contributed by atoms with van der Waals surface area (Å²) < 4.78 is 56.6. The molecule has 19 nitrogen and oxygen atoms in total. The molecule has 0 bridgehead atoms. The monoisotopic (exact) mass is 1070 g/mol. The topological polar surface area (TPSA) is 286 Å². The zero-order chi connectivity index (χ0) is 53.6. The van der Waals surface area contributed by atoms with Crippen molar-refractivity contribution in [1.29, 1.82) is 0 Å². The van der Waals surface area contributed by atoms with Crippen LogP contribution in [0.5, 0.6) is 0 Å². The van der Waals surface area contributed by atoms with Crippen LogP contribution in [-0.2, 0) is 46.3 Å². The molecular weight excluding hydrogens is 985 g/mol. The second kappa shape index (κ2) is 39.3. The molecule has 0 radical (unpaired) electrons. The fourth-order valence-electron chi connectivity index (χ4n) is 7.08. The number of anilines is 1. The third-order valence-corrected chi connectivity index (χ3v) is 13.7. The molecule has 0 spiro atoms. The second-order valence-corrected chi connectivity index (χ2v) is 20.5. The molecule has 2 heterocycles. The maximum absolute atomic E-state index is 12.9. The number of ether oxygens (including phenoxy) is 3. The Balaban J connectivity index is 1.86. The van der Waals surface area contributed by atoms with E-state index in [0.717, 1.165) is 75.0 Å². The molecule has 1 saturated heterocycles. The SMILES string of the molecule is CC/C=C\C/C=C\C/C=C\C/C=C\CCCCCCC(=O)O[C@H](COC(=O)CCCC(O)/C=C/C=C/C/C=C/CCCCCCCC)COP(=O)(O)OP(=O)(O)OC[C@H]1O[C@@H](n2ccc(N)nc2=O)[C@H](O)[C@@H]1O. The van der Waals surface area contributed by atoms with Crippen LogP contribution in [-0.4, -0.2) is 96.9 Å². The molecule has 8 atom stereocenters. The maximum atomic E-state index is 12.9. The van der Waals surface area contributed by atoms with E-state index in [0.29, 0.717) is 6.42 Å². The minimum atomic E-state index is -5.47. The van der Waals surface area contributed by atoms with Gasteiger partial charge in [0.25, 0.3) is 0 Å². The first-order valence-electron chi connectivity index (χ1n) is 25.7. The molecule has 7 N–H and O–H groups in total. The summed E-state index contributed by atoms with van der Waals surface area (Å²) in [4.78, 5) is 61.9. The molecule has 21 heteroatoms. The van der Waals surface area contributed by atoms with E-state index in [1.165, 1.54) is 44.6 Å². The van der Waals surface area contributed by atoms with Gasteiger partial charge >= 0.3 is 33.3 Å². The fraction of sp³-hybridized carbons (Fsp3) is 0.615. The predicted molar refractivity (Wildman–Crippen MR) is 281 cm³/mol. The Kier molecular flexibility index (Phi) is 35.0. The van der Waals surface area contributed by atoms with E-state index in [-0.39, 0.29) is 31.5 Å². The maximum Gasteiger partial charge on any atom is 0.481 e. The zero-order valence-corrected chi connectivity index (χ0v) is 44.6. The number of esters is 2. The summed E-state index contributed by atoms with van der Waals surface area (Å²) in [7, 11) is -10.9. The molecule has 3 unspecified atom stereocenters. The summed E-state index contributed by atoms with van der Waals surface area (Å²) in [5, 5.41) is 31.3. The number of phosphoric acid groups is 2. The standard InChI is InChI=1S/C52H83N3O16P2/c1-3-5-7-9-11-13-15-17-18-19-20-22-24-26-28-30-32-36-48(58)69-44(40-66-47(57)37-33-35-43(56)34-31-29-27-25-23-21-16-14-12-10-8-6-4-2)41-67-72(62,63)71-73(64,65)68-42-45-49(59)50(60)51(70-45)55-39-38-46(53)54-52(55)61/h5,7,11,13,17-18,20-23,27,29,31,34,38-39,43-45,49-51,56,59-60H,3-4,6,8-10,12,14-16,19,24-26,28,30,32-33,35-37,40-42H2,1-2H3,(H,62,63)(H,64,65)(H2,53,54,61)/b7-5-,13-11-,18-17-,22-20-,23-21+,29-27+,34-31+/t43?,44-,45-,49-,50-,51-/m1/s1. The van der Waals surface area contributed by atoms with Crippen molar-refractivity contribution in [1.82, 2.24) is 9.55 Å². The molecular formula is C52H83N3O16P2. The Morgan fingerprint density at radius 1 is 0.740 bits per heavy atom. The van der Waals surface area contributed by atoms with E-state index in [2.05, 4.69) is 83.9 Å². The van der Waals surface area contributed by atoms with E-state index in [1.807, 2.05) is 12.2 Å². The predicted octanol–water partition coefficient (Wildman–Crippen LogP) is 9.64. The van der Waals surface area contributed by atoms with E-state index in [4.69, 9.17) is 29.0 Å². The van der Waals surface area contributed by atoms with Crippen molar-refractivity contribution in [3.8, 4) is 0 Å². The number of carbonyl (C=O) groups excluding carboxylic acids is 2. The van der Waals surface area contributed by atoms with E-state index in [1.54, 1.807) is 12.2 Å². The van der Waals surface area contributed by atoms with Gasteiger partial charge in [-0.25, -0.2) is 13.9 Å². The molecule has 1 aliphatic heterocycles. The quantitative estimate of drug-likeness (QED) is 0.0117. The third-order valence-electron chi connectivity index (χ3n) is 11.1. The molecule has 73 heavy (non-hydrogen) atoms. The van der Waals surface area contributed by atoms with Crippen molar-refractivity contribution in [3.63, 3.8) is 0 Å². The summed E-state index contributed by atoms with van der Waals surface area (Å²) in [6, 6.07) is 1.23. The molecule has 0 aliphatic carbocycles. The lowest BCUT2D eigenvalue weighted by molar-refractivity contribution is -0.161. The van der Waals surface area contributed by atoms with Crippen LogP contribution in [0.1, 0.15) is 155 Å². The van der Waals surface area contributed by atoms with Crippen LogP contribution in [0, 0.1) is 0 Å². The van der Waals surface area contributed by atoms with Crippen molar-refractivity contribution in [2.45, 2.75) is 185 Å². The number of aliphatic hydroxyl groups excluding tert-OH is 3. The van der Waals surface area contributed by atoms with Crippen LogP contribution in [0.2, 0.25) is 0 Å². The highest BCUT2D eigenvalue weighted by Crippen LogP contribution is 2.60. The zero-order valence-electron chi connectivity index (χ0n) is 42.8. The molecule has 2 rings (SSSR count). The van der Waals surface area contributed by atoms with Gasteiger partial charge < -0.3 is 45.1 Å². The summed E-state index contributed by atoms with van der Waals surface area (Å²) in [6.07, 6.45) is 38.3. The van der Waals surface area contributed by atoms with Crippen molar-refractivity contribution in [2.24, 2.45) is 0 Å². The van der Waals surface area contributed by atoms with Crippen molar-refractivity contribution in [3.05, 3.63) is 108 Å². The number of carbonyl (C=O) groups is 2. The van der Waals surface area contributed by atoms with Crippen LogP contribution in [0.25, 0.3) is 0 Å². The first-order valence-corrected chi connectivity index (χ1v) is 28.7. The summed E-state index contributed by atoms with van der Waals surface area (Å²) >= 11 is 0. The van der Waals surface area contributed by atoms with Crippen LogP contribution in [0.4, 0.5) is 5.82 Å². The number of unbranched alkanes of at least 4 members (excludes halogenated alkanes) is 10.